The molecule has 0 saturated heterocycles. The van der Waals surface area contributed by atoms with Gasteiger partial charge in [0.2, 0.25) is 0 Å². The lowest BCUT2D eigenvalue weighted by Gasteiger charge is -2.30. The zero-order valence-corrected chi connectivity index (χ0v) is 14.7. The second kappa shape index (κ2) is 7.00. The Morgan fingerprint density at radius 3 is 2.65 bits per heavy atom. The van der Waals surface area contributed by atoms with E-state index in [4.69, 9.17) is 32.7 Å². The van der Waals surface area contributed by atoms with E-state index in [2.05, 4.69) is 11.4 Å². The van der Waals surface area contributed by atoms with Crippen molar-refractivity contribution < 1.29 is 9.47 Å². The minimum Gasteiger partial charge on any atom is -0.493 e. The quantitative estimate of drug-likeness (QED) is 0.870. The molecule has 0 aromatic heterocycles. The molecular weight excluding hydrogens is 333 g/mol. The largest absolute Gasteiger partial charge is 0.493 e. The molecule has 0 amide bonds. The molecule has 0 spiro atoms. The van der Waals surface area contributed by atoms with E-state index in [1.54, 1.807) is 13.2 Å². The molecule has 0 saturated carbocycles. The van der Waals surface area contributed by atoms with E-state index in [1.165, 1.54) is 11.1 Å². The molecule has 1 N–H and O–H groups in total. The predicted molar refractivity (Wildman–Crippen MR) is 94.2 cm³/mol. The van der Waals surface area contributed by atoms with Crippen LogP contribution in [0.4, 0.5) is 0 Å². The van der Waals surface area contributed by atoms with Gasteiger partial charge in [0.1, 0.15) is 0 Å². The van der Waals surface area contributed by atoms with E-state index < -0.39 is 0 Å². The smallest absolute Gasteiger partial charge is 0.164 e. The lowest BCUT2D eigenvalue weighted by atomic mass is 9.89. The second-order valence-electron chi connectivity index (χ2n) is 5.40. The number of benzene rings is 2. The highest BCUT2D eigenvalue weighted by molar-refractivity contribution is 6.35. The first kappa shape index (κ1) is 16.4. The molecule has 0 aliphatic carbocycles. The molecule has 0 bridgehead atoms. The van der Waals surface area contributed by atoms with E-state index in [0.717, 1.165) is 30.0 Å². The van der Waals surface area contributed by atoms with Gasteiger partial charge in [-0.25, -0.2) is 0 Å². The summed E-state index contributed by atoms with van der Waals surface area (Å²) in [5.41, 5.74) is 3.37. The molecule has 1 heterocycles. The molecule has 2 aromatic rings. The zero-order valence-electron chi connectivity index (χ0n) is 13.2. The van der Waals surface area contributed by atoms with Crippen LogP contribution in [0.15, 0.2) is 30.3 Å². The summed E-state index contributed by atoms with van der Waals surface area (Å²) in [6.45, 7) is 3.43. The van der Waals surface area contributed by atoms with Crippen molar-refractivity contribution in [2.75, 3.05) is 20.3 Å². The number of methoxy groups -OCH3 is 1. The second-order valence-corrected chi connectivity index (χ2v) is 6.24. The lowest BCUT2D eigenvalue weighted by molar-refractivity contribution is 0.305. The van der Waals surface area contributed by atoms with Gasteiger partial charge < -0.3 is 14.8 Å². The van der Waals surface area contributed by atoms with Gasteiger partial charge in [-0.1, -0.05) is 35.3 Å². The third-order valence-corrected chi connectivity index (χ3v) is 4.64. The normalized spacial score (nSPS) is 16.8. The third-order valence-electron chi connectivity index (χ3n) is 4.08. The Morgan fingerprint density at radius 1 is 1.17 bits per heavy atom. The highest BCUT2D eigenvalue weighted by atomic mass is 35.5. The van der Waals surface area contributed by atoms with Crippen LogP contribution in [0.3, 0.4) is 0 Å². The standard InChI is InChI=1S/C18H19Cl2NO2/c1-3-23-18-13-8-9-21-17(12(13)6-7-16(18)22-2)14-5-4-11(19)10-15(14)20/h4-7,10,17,21H,3,8-9H2,1-2H3. The van der Waals surface area contributed by atoms with Gasteiger partial charge in [0.15, 0.2) is 11.5 Å². The van der Waals surface area contributed by atoms with Crippen molar-refractivity contribution in [1.82, 2.24) is 5.32 Å². The van der Waals surface area contributed by atoms with Crippen LogP contribution in [0, 0.1) is 0 Å². The molecule has 2 aromatic carbocycles. The monoisotopic (exact) mass is 351 g/mol. The van der Waals surface area contributed by atoms with Gasteiger partial charge in [-0.2, -0.15) is 0 Å². The van der Waals surface area contributed by atoms with Crippen molar-refractivity contribution in [3.05, 3.63) is 57.1 Å². The number of ether oxygens (including phenoxy) is 2. The highest BCUT2D eigenvalue weighted by Gasteiger charge is 2.27. The molecule has 3 rings (SSSR count). The molecule has 0 fully saturated rings. The van der Waals surface area contributed by atoms with Gasteiger partial charge in [0, 0.05) is 22.2 Å². The average Bonchev–Trinajstić information content (AvgIpc) is 2.55. The average molecular weight is 352 g/mol. The summed E-state index contributed by atoms with van der Waals surface area (Å²) in [7, 11) is 1.67. The Bertz CT molecular complexity index is 718. The van der Waals surface area contributed by atoms with Crippen LogP contribution >= 0.6 is 23.2 Å². The number of rotatable bonds is 4. The summed E-state index contributed by atoms with van der Waals surface area (Å²) in [6.07, 6.45) is 0.892. The molecular formula is C18H19Cl2NO2. The maximum atomic E-state index is 6.41. The Kier molecular flexibility index (Phi) is 5.00. The van der Waals surface area contributed by atoms with Crippen LogP contribution in [0.25, 0.3) is 0 Å². The topological polar surface area (TPSA) is 30.5 Å². The SMILES string of the molecule is CCOc1c(OC)ccc2c1CCNC2c1ccc(Cl)cc1Cl. The molecule has 5 heteroatoms. The van der Waals surface area contributed by atoms with Crippen LogP contribution in [0.2, 0.25) is 10.0 Å². The maximum absolute atomic E-state index is 6.41. The number of nitrogens with one attached hydrogen (secondary N) is 1. The van der Waals surface area contributed by atoms with Gasteiger partial charge in [-0.05, 0) is 42.7 Å². The predicted octanol–water partition coefficient (Wildman–Crippen LogP) is 4.64. The van der Waals surface area contributed by atoms with E-state index in [1.807, 2.05) is 25.1 Å². The number of fused-ring (bicyclic) bond motifs is 1. The van der Waals surface area contributed by atoms with Crippen LogP contribution in [-0.4, -0.2) is 20.3 Å². The Balaban J connectivity index is 2.10. The van der Waals surface area contributed by atoms with E-state index in [0.29, 0.717) is 16.7 Å². The number of hydrogen-bond acceptors (Lipinski definition) is 3. The molecule has 122 valence electrons. The van der Waals surface area contributed by atoms with E-state index >= 15 is 0 Å². The van der Waals surface area contributed by atoms with Gasteiger partial charge in [-0.15, -0.1) is 0 Å². The summed E-state index contributed by atoms with van der Waals surface area (Å²) in [5.74, 6) is 1.61. The number of hydrogen-bond donors (Lipinski definition) is 1. The van der Waals surface area contributed by atoms with Gasteiger partial charge in [-0.3, -0.25) is 0 Å². The van der Waals surface area contributed by atoms with Crippen molar-refractivity contribution in [2.45, 2.75) is 19.4 Å². The Morgan fingerprint density at radius 2 is 1.96 bits per heavy atom. The van der Waals surface area contributed by atoms with Crippen molar-refractivity contribution in [2.24, 2.45) is 0 Å². The minimum absolute atomic E-state index is 0.0219. The molecule has 1 aliphatic heterocycles. The van der Waals surface area contributed by atoms with Crippen LogP contribution in [0.1, 0.15) is 29.7 Å². The van der Waals surface area contributed by atoms with Crippen LogP contribution < -0.4 is 14.8 Å². The van der Waals surface area contributed by atoms with E-state index in [9.17, 15) is 0 Å². The summed E-state index contributed by atoms with van der Waals surface area (Å²) >= 11 is 12.4. The highest BCUT2D eigenvalue weighted by Crippen LogP contribution is 2.41. The Labute approximate surface area is 146 Å². The van der Waals surface area contributed by atoms with Crippen molar-refractivity contribution in [3.63, 3.8) is 0 Å². The van der Waals surface area contributed by atoms with Crippen molar-refractivity contribution in [1.29, 1.82) is 0 Å². The summed E-state index contributed by atoms with van der Waals surface area (Å²) in [4.78, 5) is 0. The molecule has 23 heavy (non-hydrogen) atoms. The summed E-state index contributed by atoms with van der Waals surface area (Å²) < 4.78 is 11.3. The number of halogens is 2. The molecule has 1 unspecified atom stereocenters. The first-order valence-corrected chi connectivity index (χ1v) is 8.42. The molecule has 3 nitrogen and oxygen atoms in total. The van der Waals surface area contributed by atoms with Gasteiger partial charge >= 0.3 is 0 Å². The fourth-order valence-corrected chi connectivity index (χ4v) is 3.60. The summed E-state index contributed by atoms with van der Waals surface area (Å²) in [5, 5.41) is 4.84. The lowest BCUT2D eigenvalue weighted by Crippen LogP contribution is -2.31. The minimum atomic E-state index is 0.0219. The third kappa shape index (κ3) is 3.14. The van der Waals surface area contributed by atoms with E-state index in [-0.39, 0.29) is 6.04 Å². The van der Waals surface area contributed by atoms with Gasteiger partial charge in [0.05, 0.1) is 19.8 Å². The first-order valence-electron chi connectivity index (χ1n) is 7.66. The van der Waals surface area contributed by atoms with Crippen LogP contribution in [0.5, 0.6) is 11.5 Å². The maximum Gasteiger partial charge on any atom is 0.164 e. The fraction of sp³-hybridized carbons (Fsp3) is 0.333. The van der Waals surface area contributed by atoms with Crippen molar-refractivity contribution in [3.8, 4) is 11.5 Å². The van der Waals surface area contributed by atoms with Crippen molar-refractivity contribution >= 4 is 23.2 Å². The zero-order chi connectivity index (χ0) is 16.4. The fourth-order valence-electron chi connectivity index (χ4n) is 3.08. The molecule has 1 atom stereocenters. The molecule has 0 radical (unpaired) electrons. The van der Waals surface area contributed by atoms with Gasteiger partial charge in [0.25, 0.3) is 0 Å². The first-order chi connectivity index (χ1) is 11.2. The Hall–Kier alpha value is -1.42. The van der Waals surface area contributed by atoms with Crippen LogP contribution in [-0.2, 0) is 6.42 Å². The molecule has 1 aliphatic rings. The summed E-state index contributed by atoms with van der Waals surface area (Å²) in [6, 6.07) is 9.68.